The van der Waals surface area contributed by atoms with Crippen LogP contribution in [0.4, 0.5) is 13.2 Å². The zero-order valence-electron chi connectivity index (χ0n) is 8.03. The Bertz CT molecular complexity index is 223. The number of hydrogen-bond donors (Lipinski definition) is 3. The molecule has 0 rings (SSSR count). The Balaban J connectivity index is 4.41. The van der Waals surface area contributed by atoms with E-state index in [0.29, 0.717) is 0 Å². The molecule has 4 nitrogen and oxygen atoms in total. The molecular formula is C7H13F3N2O2S. The summed E-state index contributed by atoms with van der Waals surface area (Å²) in [4.78, 5) is 0. The molecule has 4 N–H and O–H groups in total. The van der Waals surface area contributed by atoms with Crippen LogP contribution in [0, 0.1) is 5.92 Å². The van der Waals surface area contributed by atoms with Crippen molar-refractivity contribution in [3.05, 3.63) is 0 Å². The van der Waals surface area contributed by atoms with Gasteiger partial charge in [-0.15, -0.1) is 0 Å². The van der Waals surface area contributed by atoms with Crippen molar-refractivity contribution in [3.8, 4) is 0 Å². The van der Waals surface area contributed by atoms with Crippen molar-refractivity contribution in [1.29, 1.82) is 0 Å². The number of aliphatic hydroxyl groups is 1. The van der Waals surface area contributed by atoms with Gasteiger partial charge in [0.05, 0.1) is 6.61 Å². The summed E-state index contributed by atoms with van der Waals surface area (Å²) in [7, 11) is 0. The van der Waals surface area contributed by atoms with E-state index in [4.69, 9.17) is 16.0 Å². The fourth-order valence-electron chi connectivity index (χ4n) is 0.730. The van der Waals surface area contributed by atoms with Gasteiger partial charge in [-0.25, -0.2) is 0 Å². The van der Waals surface area contributed by atoms with Crippen molar-refractivity contribution >= 4 is 17.6 Å². The van der Waals surface area contributed by atoms with Crippen molar-refractivity contribution in [1.82, 2.24) is 0 Å². The zero-order chi connectivity index (χ0) is 12.1. The smallest absolute Gasteiger partial charge is 0.399 e. The lowest BCUT2D eigenvalue weighted by Gasteiger charge is -2.19. The van der Waals surface area contributed by atoms with Gasteiger partial charge in [-0.05, 0) is 0 Å². The number of nitrogens with two attached hydrogens (primary N) is 1. The van der Waals surface area contributed by atoms with E-state index in [1.807, 2.05) is 0 Å². The van der Waals surface area contributed by atoms with Gasteiger partial charge in [-0.1, -0.05) is 12.1 Å². The van der Waals surface area contributed by atoms with E-state index in [-0.39, 0.29) is 17.6 Å². The van der Waals surface area contributed by atoms with Crippen LogP contribution in [0.2, 0.25) is 0 Å². The van der Waals surface area contributed by atoms with Crippen molar-refractivity contribution in [2.75, 3.05) is 12.4 Å². The molecular weight excluding hydrogens is 233 g/mol. The average Bonchev–Trinajstić information content (AvgIpc) is 2.15. The molecule has 0 heterocycles. The summed E-state index contributed by atoms with van der Waals surface area (Å²) in [5.41, 5.74) is 4.94. The predicted molar refractivity (Wildman–Crippen MR) is 52.0 cm³/mol. The number of halogens is 3. The van der Waals surface area contributed by atoms with Crippen LogP contribution < -0.4 is 5.73 Å². The molecule has 0 saturated carbocycles. The SMILES string of the molecule is CC(CO)SCC(C(N)=NO)C(F)(F)F. The number of amidine groups is 1. The normalized spacial score (nSPS) is 17.5. The number of alkyl halides is 3. The van der Waals surface area contributed by atoms with Gasteiger partial charge >= 0.3 is 6.18 Å². The maximum absolute atomic E-state index is 12.4. The van der Waals surface area contributed by atoms with Gasteiger partial charge in [0.2, 0.25) is 0 Å². The summed E-state index contributed by atoms with van der Waals surface area (Å²) in [6, 6.07) is 0. The molecule has 2 atom stereocenters. The minimum atomic E-state index is -4.54. The van der Waals surface area contributed by atoms with Crippen molar-refractivity contribution in [3.63, 3.8) is 0 Å². The van der Waals surface area contributed by atoms with Crippen LogP contribution in [-0.2, 0) is 0 Å². The van der Waals surface area contributed by atoms with E-state index in [1.54, 1.807) is 6.92 Å². The molecule has 0 aromatic carbocycles. The molecule has 0 saturated heterocycles. The lowest BCUT2D eigenvalue weighted by molar-refractivity contribution is -0.150. The number of thioether (sulfide) groups is 1. The Hall–Kier alpha value is -0.630. The van der Waals surface area contributed by atoms with Crippen LogP contribution in [0.25, 0.3) is 0 Å². The van der Waals surface area contributed by atoms with E-state index in [2.05, 4.69) is 5.16 Å². The molecule has 0 aliphatic rings. The second-order valence-electron chi connectivity index (χ2n) is 2.95. The third-order valence-corrected chi connectivity index (χ3v) is 2.92. The van der Waals surface area contributed by atoms with Gasteiger partial charge in [0.15, 0.2) is 5.84 Å². The maximum atomic E-state index is 12.4. The van der Waals surface area contributed by atoms with Crippen LogP contribution in [0.1, 0.15) is 6.92 Å². The first kappa shape index (κ1) is 14.4. The van der Waals surface area contributed by atoms with Gasteiger partial charge in [0.25, 0.3) is 0 Å². The highest BCUT2D eigenvalue weighted by molar-refractivity contribution is 7.99. The number of nitrogens with zero attached hydrogens (tertiary/aromatic N) is 1. The highest BCUT2D eigenvalue weighted by atomic mass is 32.2. The number of aliphatic hydroxyl groups excluding tert-OH is 1. The highest BCUT2D eigenvalue weighted by Gasteiger charge is 2.42. The Morgan fingerprint density at radius 1 is 1.53 bits per heavy atom. The van der Waals surface area contributed by atoms with Crippen LogP contribution in [0.15, 0.2) is 5.16 Å². The van der Waals surface area contributed by atoms with Crippen molar-refractivity contribution in [2.45, 2.75) is 18.3 Å². The monoisotopic (exact) mass is 246 g/mol. The van der Waals surface area contributed by atoms with Gasteiger partial charge < -0.3 is 16.0 Å². The minimum absolute atomic E-state index is 0.217. The van der Waals surface area contributed by atoms with Crippen LogP contribution >= 0.6 is 11.8 Å². The quantitative estimate of drug-likeness (QED) is 0.293. The first-order chi connectivity index (χ1) is 6.82. The van der Waals surface area contributed by atoms with Gasteiger partial charge in [0.1, 0.15) is 5.92 Å². The first-order valence-electron chi connectivity index (χ1n) is 4.09. The van der Waals surface area contributed by atoms with E-state index in [9.17, 15) is 13.2 Å². The second-order valence-corrected chi connectivity index (χ2v) is 4.42. The Morgan fingerprint density at radius 3 is 2.40 bits per heavy atom. The topological polar surface area (TPSA) is 78.8 Å². The third kappa shape index (κ3) is 5.12. The largest absolute Gasteiger partial charge is 0.409 e. The summed E-state index contributed by atoms with van der Waals surface area (Å²) in [5.74, 6) is -3.22. The molecule has 2 unspecified atom stereocenters. The molecule has 0 fully saturated rings. The lowest BCUT2D eigenvalue weighted by atomic mass is 10.1. The minimum Gasteiger partial charge on any atom is -0.409 e. The Morgan fingerprint density at radius 2 is 2.07 bits per heavy atom. The highest BCUT2D eigenvalue weighted by Crippen LogP contribution is 2.30. The maximum Gasteiger partial charge on any atom is 0.399 e. The van der Waals surface area contributed by atoms with Crippen LogP contribution in [0.5, 0.6) is 0 Å². The molecule has 0 aliphatic heterocycles. The van der Waals surface area contributed by atoms with Gasteiger partial charge in [-0.3, -0.25) is 0 Å². The van der Waals surface area contributed by atoms with Crippen LogP contribution in [-0.4, -0.2) is 39.9 Å². The molecule has 0 aromatic rings. The molecule has 15 heavy (non-hydrogen) atoms. The average molecular weight is 246 g/mol. The summed E-state index contributed by atoms with van der Waals surface area (Å²) in [5, 5.41) is 18.9. The van der Waals surface area contributed by atoms with Crippen LogP contribution in [0.3, 0.4) is 0 Å². The second kappa shape index (κ2) is 6.06. The summed E-state index contributed by atoms with van der Waals surface area (Å²) < 4.78 is 37.1. The predicted octanol–water partition coefficient (Wildman–Crippen LogP) is 1.03. The Labute approximate surface area is 89.3 Å². The van der Waals surface area contributed by atoms with Crippen molar-refractivity contribution < 1.29 is 23.5 Å². The van der Waals surface area contributed by atoms with Gasteiger partial charge in [-0.2, -0.15) is 24.9 Å². The molecule has 8 heteroatoms. The molecule has 0 radical (unpaired) electrons. The fourth-order valence-corrected chi connectivity index (χ4v) is 1.72. The standard InChI is InChI=1S/C7H13F3N2O2S/c1-4(2-13)15-3-5(6(11)12-14)7(8,9)10/h4-5,13-14H,2-3H2,1H3,(H2,11,12). The fraction of sp³-hybridized carbons (Fsp3) is 0.857. The molecule has 0 spiro atoms. The summed E-state index contributed by atoms with van der Waals surface area (Å²) >= 11 is 0.913. The van der Waals surface area contributed by atoms with E-state index < -0.39 is 17.9 Å². The third-order valence-electron chi connectivity index (χ3n) is 1.67. The first-order valence-corrected chi connectivity index (χ1v) is 5.14. The zero-order valence-corrected chi connectivity index (χ0v) is 8.85. The van der Waals surface area contributed by atoms with E-state index >= 15 is 0 Å². The number of rotatable bonds is 5. The van der Waals surface area contributed by atoms with Crippen molar-refractivity contribution in [2.24, 2.45) is 16.8 Å². The molecule has 0 amide bonds. The van der Waals surface area contributed by atoms with E-state index in [1.165, 1.54) is 0 Å². The number of hydrogen-bond acceptors (Lipinski definition) is 4. The molecule has 0 aromatic heterocycles. The molecule has 0 bridgehead atoms. The summed E-state index contributed by atoms with van der Waals surface area (Å²) in [6.07, 6.45) is -4.54. The Kier molecular flexibility index (Phi) is 5.81. The number of oxime groups is 1. The molecule has 0 aliphatic carbocycles. The van der Waals surface area contributed by atoms with Gasteiger partial charge in [0, 0.05) is 11.0 Å². The summed E-state index contributed by atoms with van der Waals surface area (Å²) in [6.45, 7) is 1.37. The lowest BCUT2D eigenvalue weighted by Crippen LogP contribution is -2.38. The molecule has 90 valence electrons. The van der Waals surface area contributed by atoms with E-state index in [0.717, 1.165) is 11.8 Å².